The Balaban J connectivity index is 1.86. The molecule has 0 radical (unpaired) electrons. The van der Waals surface area contributed by atoms with Crippen molar-refractivity contribution in [2.75, 3.05) is 32.7 Å². The highest BCUT2D eigenvalue weighted by Crippen LogP contribution is 2.31. The van der Waals surface area contributed by atoms with Crippen LogP contribution in [0.5, 0.6) is 11.5 Å². The Morgan fingerprint density at radius 2 is 1.62 bits per heavy atom. The molecule has 0 bridgehead atoms. The molecule has 32 heavy (non-hydrogen) atoms. The predicted molar refractivity (Wildman–Crippen MR) is 124 cm³/mol. The zero-order chi connectivity index (χ0) is 23.6. The summed E-state index contributed by atoms with van der Waals surface area (Å²) >= 11 is 0. The van der Waals surface area contributed by atoms with Gasteiger partial charge in [-0.15, -0.1) is 0 Å². The number of aromatic nitrogens is 1. The number of ketones is 1. The maximum Gasteiger partial charge on any atom is 0.238 e. The molecule has 0 aliphatic carbocycles. The van der Waals surface area contributed by atoms with E-state index in [1.165, 1.54) is 12.1 Å². The standard InChI is InChI=1S/C23H27N3O5S/c1-15-12-20(16(2)26(15)17-6-9-19(10-7-17)32(24,28)29)21(27)14-25(3)18-8-11-22(30-4)23(13-18)31-5/h6-13H,14H2,1-5H3,(H2,24,28,29). The van der Waals surface area contributed by atoms with Gasteiger partial charge in [-0.05, 0) is 56.3 Å². The number of likely N-dealkylation sites (N-methyl/N-ethyl adjacent to an activating group) is 1. The highest BCUT2D eigenvalue weighted by molar-refractivity contribution is 7.89. The number of aryl methyl sites for hydroxylation is 1. The van der Waals surface area contributed by atoms with Crippen LogP contribution in [-0.4, -0.2) is 46.6 Å². The number of rotatable bonds is 8. The summed E-state index contributed by atoms with van der Waals surface area (Å²) in [6.07, 6.45) is 0. The molecular formula is C23H27N3O5S. The van der Waals surface area contributed by atoms with E-state index >= 15 is 0 Å². The van der Waals surface area contributed by atoms with Crippen LogP contribution in [0.4, 0.5) is 5.69 Å². The molecule has 9 heteroatoms. The highest BCUT2D eigenvalue weighted by Gasteiger charge is 2.19. The van der Waals surface area contributed by atoms with Crippen LogP contribution in [0.15, 0.2) is 53.4 Å². The summed E-state index contributed by atoms with van der Waals surface area (Å²) in [7, 11) is 1.21. The normalized spacial score (nSPS) is 11.3. The van der Waals surface area contributed by atoms with E-state index in [0.29, 0.717) is 17.1 Å². The average Bonchev–Trinajstić information content (AvgIpc) is 3.06. The number of primary sulfonamides is 1. The van der Waals surface area contributed by atoms with Crippen molar-refractivity contribution in [3.63, 3.8) is 0 Å². The number of carbonyl (C=O) groups excluding carboxylic acids is 1. The second-order valence-corrected chi connectivity index (χ2v) is 9.04. The van der Waals surface area contributed by atoms with Gasteiger partial charge < -0.3 is 18.9 Å². The number of ether oxygens (including phenoxy) is 2. The first-order valence-electron chi connectivity index (χ1n) is 9.85. The lowest BCUT2D eigenvalue weighted by Crippen LogP contribution is -2.26. The topological polar surface area (TPSA) is 104 Å². The third kappa shape index (κ3) is 4.63. The van der Waals surface area contributed by atoms with E-state index in [-0.39, 0.29) is 17.2 Å². The summed E-state index contributed by atoms with van der Waals surface area (Å²) < 4.78 is 35.5. The molecule has 0 spiro atoms. The number of Topliss-reactive ketones (excluding diaryl/α,β-unsaturated/α-hetero) is 1. The van der Waals surface area contributed by atoms with Gasteiger partial charge in [0, 0.05) is 41.4 Å². The first-order valence-corrected chi connectivity index (χ1v) is 11.4. The second-order valence-electron chi connectivity index (χ2n) is 7.48. The number of hydrogen-bond acceptors (Lipinski definition) is 6. The summed E-state index contributed by atoms with van der Waals surface area (Å²) in [6, 6.07) is 13.6. The Morgan fingerprint density at radius 3 is 2.19 bits per heavy atom. The van der Waals surface area contributed by atoms with Crippen molar-refractivity contribution in [1.82, 2.24) is 4.57 Å². The lowest BCUT2D eigenvalue weighted by molar-refractivity contribution is 0.0999. The van der Waals surface area contributed by atoms with E-state index in [1.54, 1.807) is 32.4 Å². The molecule has 1 heterocycles. The maximum absolute atomic E-state index is 13.1. The predicted octanol–water partition coefficient (Wildman–Crippen LogP) is 3.08. The van der Waals surface area contributed by atoms with Crippen molar-refractivity contribution in [1.29, 1.82) is 0 Å². The summed E-state index contributed by atoms with van der Waals surface area (Å²) in [5.41, 5.74) is 3.81. The molecule has 0 saturated heterocycles. The van der Waals surface area contributed by atoms with Crippen molar-refractivity contribution >= 4 is 21.5 Å². The van der Waals surface area contributed by atoms with E-state index in [1.807, 2.05) is 48.6 Å². The van der Waals surface area contributed by atoms with Crippen molar-refractivity contribution in [3.05, 3.63) is 65.5 Å². The Hall–Kier alpha value is -3.30. The van der Waals surface area contributed by atoms with Crippen LogP contribution in [-0.2, 0) is 10.0 Å². The van der Waals surface area contributed by atoms with Crippen molar-refractivity contribution < 1.29 is 22.7 Å². The monoisotopic (exact) mass is 457 g/mol. The molecule has 0 atom stereocenters. The largest absolute Gasteiger partial charge is 0.493 e. The van der Waals surface area contributed by atoms with E-state index in [2.05, 4.69) is 0 Å². The lowest BCUT2D eigenvalue weighted by atomic mass is 10.1. The molecule has 170 valence electrons. The lowest BCUT2D eigenvalue weighted by Gasteiger charge is -2.20. The van der Waals surface area contributed by atoms with Crippen molar-refractivity contribution in [3.8, 4) is 17.2 Å². The Bertz CT molecular complexity index is 1250. The van der Waals surface area contributed by atoms with Crippen LogP contribution in [0.1, 0.15) is 21.7 Å². The molecule has 2 N–H and O–H groups in total. The van der Waals surface area contributed by atoms with E-state index < -0.39 is 10.0 Å². The highest BCUT2D eigenvalue weighted by atomic mass is 32.2. The molecule has 0 amide bonds. The minimum absolute atomic E-state index is 0.0385. The summed E-state index contributed by atoms with van der Waals surface area (Å²) in [6.45, 7) is 3.93. The number of anilines is 1. The zero-order valence-corrected chi connectivity index (χ0v) is 19.6. The van der Waals surface area contributed by atoms with Crippen LogP contribution < -0.4 is 19.5 Å². The van der Waals surface area contributed by atoms with Gasteiger partial charge in [0.15, 0.2) is 17.3 Å². The van der Waals surface area contributed by atoms with E-state index in [9.17, 15) is 13.2 Å². The number of carbonyl (C=O) groups is 1. The maximum atomic E-state index is 13.1. The molecule has 1 aromatic heterocycles. The van der Waals surface area contributed by atoms with Gasteiger partial charge in [0.05, 0.1) is 25.7 Å². The van der Waals surface area contributed by atoms with Crippen LogP contribution in [0.3, 0.4) is 0 Å². The fourth-order valence-electron chi connectivity index (χ4n) is 3.68. The van der Waals surface area contributed by atoms with Crippen molar-refractivity contribution in [2.45, 2.75) is 18.7 Å². The Kier molecular flexibility index (Phi) is 6.61. The van der Waals surface area contributed by atoms with Gasteiger partial charge in [-0.2, -0.15) is 0 Å². The van der Waals surface area contributed by atoms with Gasteiger partial charge in [-0.3, -0.25) is 4.79 Å². The van der Waals surface area contributed by atoms with Crippen molar-refractivity contribution in [2.24, 2.45) is 5.14 Å². The van der Waals surface area contributed by atoms with Gasteiger partial charge >= 0.3 is 0 Å². The zero-order valence-electron chi connectivity index (χ0n) is 18.7. The first-order chi connectivity index (χ1) is 15.1. The Morgan fingerprint density at radius 1 is 1.00 bits per heavy atom. The van der Waals surface area contributed by atoms with Gasteiger partial charge in [-0.1, -0.05) is 0 Å². The molecular weight excluding hydrogens is 430 g/mol. The molecule has 2 aromatic carbocycles. The van der Waals surface area contributed by atoms with Gasteiger partial charge in [-0.25, -0.2) is 13.6 Å². The number of hydrogen-bond donors (Lipinski definition) is 1. The smallest absolute Gasteiger partial charge is 0.238 e. The molecule has 0 saturated carbocycles. The quantitative estimate of drug-likeness (QED) is 0.522. The third-order valence-electron chi connectivity index (χ3n) is 5.34. The Labute approximate surface area is 188 Å². The fraction of sp³-hybridized carbons (Fsp3) is 0.261. The molecule has 0 aliphatic rings. The number of nitrogens with two attached hydrogens (primary N) is 1. The summed E-state index contributed by atoms with van der Waals surface area (Å²) in [5.74, 6) is 1.17. The molecule has 0 unspecified atom stereocenters. The van der Waals surface area contributed by atoms with Crippen LogP contribution in [0.2, 0.25) is 0 Å². The minimum atomic E-state index is -3.77. The SMILES string of the molecule is COc1ccc(N(C)CC(=O)c2cc(C)n(-c3ccc(S(N)(=O)=O)cc3)c2C)cc1OC. The number of sulfonamides is 1. The molecule has 3 rings (SSSR count). The van der Waals surface area contributed by atoms with E-state index in [4.69, 9.17) is 14.6 Å². The number of nitrogens with zero attached hydrogens (tertiary/aromatic N) is 2. The number of methoxy groups -OCH3 is 2. The van der Waals surface area contributed by atoms with Gasteiger partial charge in [0.2, 0.25) is 10.0 Å². The fourth-order valence-corrected chi connectivity index (χ4v) is 4.20. The number of benzene rings is 2. The minimum Gasteiger partial charge on any atom is -0.493 e. The average molecular weight is 458 g/mol. The molecule has 0 aliphatic heterocycles. The molecule has 3 aromatic rings. The summed E-state index contributed by atoms with van der Waals surface area (Å²) in [5, 5.41) is 5.18. The van der Waals surface area contributed by atoms with E-state index in [0.717, 1.165) is 22.8 Å². The molecule has 0 fully saturated rings. The van der Waals surface area contributed by atoms with Gasteiger partial charge in [0.1, 0.15) is 0 Å². The second kappa shape index (κ2) is 9.05. The van der Waals surface area contributed by atoms with Gasteiger partial charge in [0.25, 0.3) is 0 Å². The van der Waals surface area contributed by atoms with Crippen LogP contribution >= 0.6 is 0 Å². The molecule has 8 nitrogen and oxygen atoms in total. The third-order valence-corrected chi connectivity index (χ3v) is 6.27. The van der Waals surface area contributed by atoms with Crippen LogP contribution in [0.25, 0.3) is 5.69 Å². The summed E-state index contributed by atoms with van der Waals surface area (Å²) in [4.78, 5) is 15.0. The first kappa shape index (κ1) is 23.4. The van der Waals surface area contributed by atoms with Crippen LogP contribution in [0, 0.1) is 13.8 Å².